The number of halogens is 1. The van der Waals surface area contributed by atoms with Crippen LogP contribution in [0.3, 0.4) is 0 Å². The lowest BCUT2D eigenvalue weighted by Gasteiger charge is -2.21. The second-order valence-electron chi connectivity index (χ2n) is 8.54. The van der Waals surface area contributed by atoms with Crippen LogP contribution in [-0.2, 0) is 22.9 Å². The highest BCUT2D eigenvalue weighted by molar-refractivity contribution is 7.89. The highest BCUT2D eigenvalue weighted by Crippen LogP contribution is 2.27. The first-order valence-electron chi connectivity index (χ1n) is 11.1. The molecule has 2 aromatic carbocycles. The summed E-state index contributed by atoms with van der Waals surface area (Å²) in [5, 5.41) is 3.22. The van der Waals surface area contributed by atoms with Gasteiger partial charge < -0.3 is 5.32 Å². The number of sulfonamides is 1. The molecule has 0 aromatic heterocycles. The summed E-state index contributed by atoms with van der Waals surface area (Å²) in [6.45, 7) is 2.96. The number of hydrogen-bond donors (Lipinski definition) is 1. The van der Waals surface area contributed by atoms with Gasteiger partial charge in [-0.3, -0.25) is 4.79 Å². The molecule has 1 N–H and O–H groups in total. The number of nitrogens with zero attached hydrogens (tertiary/aromatic N) is 1. The summed E-state index contributed by atoms with van der Waals surface area (Å²) in [6, 6.07) is 10.5. The Kier molecular flexibility index (Phi) is 6.70. The van der Waals surface area contributed by atoms with E-state index in [0.29, 0.717) is 13.1 Å². The van der Waals surface area contributed by atoms with Crippen LogP contribution in [0.25, 0.3) is 0 Å². The van der Waals surface area contributed by atoms with Gasteiger partial charge in [-0.05, 0) is 73.9 Å². The molecule has 1 aliphatic carbocycles. The fraction of sp³-hybridized carbons (Fsp3) is 0.458. The van der Waals surface area contributed by atoms with Crippen LogP contribution in [0.5, 0.6) is 0 Å². The standard InChI is InChI=1S/C24H29ClN2O3S/c1-17(19-10-9-18-7-6-8-20(18)15-19)26-24(28)22-16-21(11-12-23(22)25)31(29,30)27-13-4-2-3-5-14-27/h9-12,15-17H,2-8,13-14H2,1H3,(H,26,28)/t17-/m1/s1. The Balaban J connectivity index is 1.54. The molecule has 1 heterocycles. The molecule has 0 spiro atoms. The van der Waals surface area contributed by atoms with Gasteiger partial charge in [0.15, 0.2) is 0 Å². The highest BCUT2D eigenvalue weighted by atomic mass is 35.5. The molecule has 0 bridgehead atoms. The van der Waals surface area contributed by atoms with Gasteiger partial charge in [0.2, 0.25) is 10.0 Å². The van der Waals surface area contributed by atoms with Gasteiger partial charge in [-0.2, -0.15) is 4.31 Å². The number of fused-ring (bicyclic) bond motifs is 1. The summed E-state index contributed by atoms with van der Waals surface area (Å²) in [4.78, 5) is 13.1. The Labute approximate surface area is 189 Å². The molecule has 1 atom stereocenters. The van der Waals surface area contributed by atoms with Crippen molar-refractivity contribution in [3.05, 3.63) is 63.7 Å². The molecule has 4 rings (SSSR count). The lowest BCUT2D eigenvalue weighted by Crippen LogP contribution is -2.32. The van der Waals surface area contributed by atoms with Crippen LogP contribution in [0.1, 0.15) is 72.1 Å². The number of rotatable bonds is 5. The first kappa shape index (κ1) is 22.3. The quantitative estimate of drug-likeness (QED) is 0.691. The van der Waals surface area contributed by atoms with E-state index in [1.807, 2.05) is 6.92 Å². The smallest absolute Gasteiger partial charge is 0.253 e. The zero-order valence-corrected chi connectivity index (χ0v) is 19.4. The van der Waals surface area contributed by atoms with E-state index in [1.54, 1.807) is 0 Å². The number of nitrogens with one attached hydrogen (secondary N) is 1. The van der Waals surface area contributed by atoms with Crippen LogP contribution in [-0.4, -0.2) is 31.7 Å². The molecule has 1 amide bonds. The van der Waals surface area contributed by atoms with Crippen molar-refractivity contribution >= 4 is 27.5 Å². The first-order chi connectivity index (χ1) is 14.9. The van der Waals surface area contributed by atoms with Crippen molar-refractivity contribution in [2.45, 2.75) is 62.8 Å². The average Bonchev–Trinajstić information content (AvgIpc) is 3.04. The largest absolute Gasteiger partial charge is 0.345 e. The molecule has 1 aliphatic heterocycles. The molecule has 5 nitrogen and oxygen atoms in total. The molecule has 2 aliphatic rings. The van der Waals surface area contributed by atoms with Crippen molar-refractivity contribution in [1.29, 1.82) is 0 Å². The van der Waals surface area contributed by atoms with E-state index in [-0.39, 0.29) is 27.4 Å². The van der Waals surface area contributed by atoms with Crippen molar-refractivity contribution in [1.82, 2.24) is 9.62 Å². The maximum atomic E-state index is 13.1. The molecular formula is C24H29ClN2O3S. The summed E-state index contributed by atoms with van der Waals surface area (Å²) in [5.74, 6) is -0.370. The van der Waals surface area contributed by atoms with Crippen molar-refractivity contribution in [3.8, 4) is 0 Å². The zero-order chi connectivity index (χ0) is 22.0. The van der Waals surface area contributed by atoms with E-state index >= 15 is 0 Å². The topological polar surface area (TPSA) is 66.5 Å². The molecule has 0 unspecified atom stereocenters. The van der Waals surface area contributed by atoms with Crippen molar-refractivity contribution < 1.29 is 13.2 Å². The van der Waals surface area contributed by atoms with Gasteiger partial charge in [0, 0.05) is 13.1 Å². The van der Waals surface area contributed by atoms with E-state index in [1.165, 1.54) is 40.1 Å². The van der Waals surface area contributed by atoms with Gasteiger partial charge in [-0.1, -0.05) is 42.6 Å². The van der Waals surface area contributed by atoms with Gasteiger partial charge >= 0.3 is 0 Å². The van der Waals surface area contributed by atoms with Crippen LogP contribution in [0.15, 0.2) is 41.3 Å². The van der Waals surface area contributed by atoms with Gasteiger partial charge in [-0.15, -0.1) is 0 Å². The van der Waals surface area contributed by atoms with Gasteiger partial charge in [0.25, 0.3) is 5.91 Å². The Morgan fingerprint density at radius 3 is 2.42 bits per heavy atom. The maximum Gasteiger partial charge on any atom is 0.253 e. The van der Waals surface area contributed by atoms with Crippen LogP contribution in [0, 0.1) is 0 Å². The highest BCUT2D eigenvalue weighted by Gasteiger charge is 2.27. The number of aryl methyl sites for hydroxylation is 2. The predicted molar refractivity (Wildman–Crippen MR) is 123 cm³/mol. The van der Waals surface area contributed by atoms with E-state index < -0.39 is 10.0 Å². The Hall–Kier alpha value is -1.89. The van der Waals surface area contributed by atoms with E-state index in [0.717, 1.165) is 44.1 Å². The van der Waals surface area contributed by atoms with Crippen molar-refractivity contribution in [2.75, 3.05) is 13.1 Å². The molecule has 1 saturated heterocycles. The molecular weight excluding hydrogens is 432 g/mol. The molecule has 1 fully saturated rings. The lowest BCUT2D eigenvalue weighted by molar-refractivity contribution is 0.0940. The Morgan fingerprint density at radius 2 is 1.68 bits per heavy atom. The summed E-state index contributed by atoms with van der Waals surface area (Å²) >= 11 is 6.29. The number of amides is 1. The summed E-state index contributed by atoms with van der Waals surface area (Å²) in [5.41, 5.74) is 3.96. The summed E-state index contributed by atoms with van der Waals surface area (Å²) < 4.78 is 27.8. The van der Waals surface area contributed by atoms with Gasteiger partial charge in [0.1, 0.15) is 0 Å². The van der Waals surface area contributed by atoms with E-state index in [9.17, 15) is 13.2 Å². The molecule has 2 aromatic rings. The molecule has 0 radical (unpaired) electrons. The molecule has 0 saturated carbocycles. The van der Waals surface area contributed by atoms with Crippen LogP contribution in [0.2, 0.25) is 5.02 Å². The van der Waals surface area contributed by atoms with Crippen molar-refractivity contribution in [2.24, 2.45) is 0 Å². The van der Waals surface area contributed by atoms with E-state index in [2.05, 4.69) is 23.5 Å². The van der Waals surface area contributed by atoms with Crippen LogP contribution < -0.4 is 5.32 Å². The number of carbonyl (C=O) groups excluding carboxylic acids is 1. The monoisotopic (exact) mass is 460 g/mol. The fourth-order valence-corrected chi connectivity index (χ4v) is 6.24. The second kappa shape index (κ2) is 9.31. The van der Waals surface area contributed by atoms with Crippen LogP contribution in [0.4, 0.5) is 0 Å². The average molecular weight is 461 g/mol. The third-order valence-electron chi connectivity index (χ3n) is 6.36. The number of hydrogen-bond acceptors (Lipinski definition) is 3. The summed E-state index contributed by atoms with van der Waals surface area (Å²) in [6.07, 6.45) is 7.17. The minimum absolute atomic E-state index is 0.120. The van der Waals surface area contributed by atoms with E-state index in [4.69, 9.17) is 11.6 Å². The third-order valence-corrected chi connectivity index (χ3v) is 8.58. The first-order valence-corrected chi connectivity index (χ1v) is 12.9. The predicted octanol–water partition coefficient (Wildman–Crippen LogP) is 4.88. The van der Waals surface area contributed by atoms with Crippen molar-refractivity contribution in [3.63, 3.8) is 0 Å². The third kappa shape index (κ3) is 4.81. The Morgan fingerprint density at radius 1 is 0.968 bits per heavy atom. The second-order valence-corrected chi connectivity index (χ2v) is 10.9. The Bertz CT molecular complexity index is 1080. The maximum absolute atomic E-state index is 13.1. The molecule has 166 valence electrons. The van der Waals surface area contributed by atoms with Gasteiger partial charge in [0.05, 0.1) is 21.5 Å². The summed E-state index contributed by atoms with van der Waals surface area (Å²) in [7, 11) is -3.65. The fourth-order valence-electron chi connectivity index (χ4n) is 4.49. The van der Waals surface area contributed by atoms with Crippen LogP contribution >= 0.6 is 11.6 Å². The minimum Gasteiger partial charge on any atom is -0.345 e. The normalized spacial score (nSPS) is 18.3. The number of carbonyl (C=O) groups is 1. The zero-order valence-electron chi connectivity index (χ0n) is 17.9. The minimum atomic E-state index is -3.65. The number of benzene rings is 2. The van der Waals surface area contributed by atoms with Gasteiger partial charge in [-0.25, -0.2) is 8.42 Å². The SMILES string of the molecule is C[C@@H](NC(=O)c1cc(S(=O)(=O)N2CCCCCC2)ccc1Cl)c1ccc2c(c1)CCC2. The lowest BCUT2D eigenvalue weighted by atomic mass is 10.0. The molecule has 7 heteroatoms. The molecule has 31 heavy (non-hydrogen) atoms.